The third-order valence-corrected chi connectivity index (χ3v) is 7.34. The van der Waals surface area contributed by atoms with Crippen LogP contribution in [0.15, 0.2) is 102 Å². The minimum absolute atomic E-state index is 0.243. The third-order valence-electron chi connectivity index (χ3n) is 7.34. The average molecular weight is 597 g/mol. The van der Waals surface area contributed by atoms with Crippen LogP contribution in [0.5, 0.6) is 11.5 Å². The van der Waals surface area contributed by atoms with Gasteiger partial charge >= 0.3 is 6.03 Å². The Hall–Kier alpha value is -6.10. The molecule has 222 valence electrons. The van der Waals surface area contributed by atoms with E-state index >= 15 is 0 Å². The Morgan fingerprint density at radius 1 is 0.844 bits per heavy atom. The van der Waals surface area contributed by atoms with E-state index < -0.39 is 6.03 Å². The molecule has 4 heterocycles. The number of aromatic nitrogens is 6. The predicted molar refractivity (Wildman–Crippen MR) is 174 cm³/mol. The summed E-state index contributed by atoms with van der Waals surface area (Å²) in [5.41, 5.74) is 3.26. The lowest BCUT2D eigenvalue weighted by Crippen LogP contribution is -2.21. The number of rotatable bonds is 5. The van der Waals surface area contributed by atoms with Crippen LogP contribution in [0.3, 0.4) is 0 Å². The van der Waals surface area contributed by atoms with E-state index in [1.807, 2.05) is 60.7 Å². The number of pyridine rings is 2. The molecule has 3 aromatic carbocycles. The molecule has 0 saturated heterocycles. The number of ether oxygens (including phenoxy) is 1. The van der Waals surface area contributed by atoms with Crippen LogP contribution in [0.25, 0.3) is 38.5 Å². The largest absolute Gasteiger partial charge is 0.454 e. The van der Waals surface area contributed by atoms with Gasteiger partial charge in [0.25, 0.3) is 5.56 Å². The first-order chi connectivity index (χ1) is 21.7. The Balaban J connectivity index is 1.19. The molecule has 0 aliphatic carbocycles. The lowest BCUT2D eigenvalue weighted by atomic mass is 9.92. The Bertz CT molecular complexity index is 2300. The Kier molecular flexibility index (Phi) is 6.70. The summed E-state index contributed by atoms with van der Waals surface area (Å²) >= 11 is 0. The standard InChI is InChI=1S/C34H28N8O3/c1-34(2,3)28-18-29(42(41-28)21-10-11-24-20(17-21)7-6-15-35-24)39-33(44)38-25-12-13-26(23-9-5-4-8-22(23)25)45-27-14-16-36-32-31(27)37-19-30(43)40-32/h4-19H,1-3H3,(H,36,40,43)(H2,38,39,44). The van der Waals surface area contributed by atoms with Crippen molar-refractivity contribution in [2.24, 2.45) is 0 Å². The predicted octanol–water partition coefficient (Wildman–Crippen LogP) is 6.94. The fourth-order valence-electron chi connectivity index (χ4n) is 5.09. The lowest BCUT2D eigenvalue weighted by Gasteiger charge is -2.15. The number of benzene rings is 3. The van der Waals surface area contributed by atoms with Crippen LogP contribution in [-0.2, 0) is 5.41 Å². The summed E-state index contributed by atoms with van der Waals surface area (Å²) in [6, 6.07) is 24.1. The van der Waals surface area contributed by atoms with E-state index in [4.69, 9.17) is 9.84 Å². The summed E-state index contributed by atoms with van der Waals surface area (Å²) in [6.07, 6.45) is 4.49. The maximum atomic E-state index is 13.5. The lowest BCUT2D eigenvalue weighted by molar-refractivity contribution is 0.262. The molecule has 0 bridgehead atoms. The molecule has 0 spiro atoms. The number of hydrogen-bond donors (Lipinski definition) is 3. The van der Waals surface area contributed by atoms with Crippen molar-refractivity contribution < 1.29 is 9.53 Å². The maximum absolute atomic E-state index is 13.5. The molecule has 0 fully saturated rings. The molecule has 45 heavy (non-hydrogen) atoms. The highest BCUT2D eigenvalue weighted by atomic mass is 16.5. The molecule has 0 aliphatic rings. The summed E-state index contributed by atoms with van der Waals surface area (Å²) in [5.74, 6) is 1.52. The summed E-state index contributed by atoms with van der Waals surface area (Å²) < 4.78 is 8.00. The number of hydrogen-bond acceptors (Lipinski definition) is 7. The highest BCUT2D eigenvalue weighted by Gasteiger charge is 2.22. The number of carbonyl (C=O) groups excluding carboxylic acids is 1. The molecule has 3 N–H and O–H groups in total. The summed E-state index contributed by atoms with van der Waals surface area (Å²) in [7, 11) is 0. The van der Waals surface area contributed by atoms with E-state index in [1.54, 1.807) is 35.3 Å². The van der Waals surface area contributed by atoms with E-state index in [1.165, 1.54) is 6.20 Å². The van der Waals surface area contributed by atoms with Crippen LogP contribution >= 0.6 is 0 Å². The Morgan fingerprint density at radius 2 is 1.69 bits per heavy atom. The van der Waals surface area contributed by atoms with Gasteiger partial charge in [0, 0.05) is 46.1 Å². The van der Waals surface area contributed by atoms with Gasteiger partial charge in [-0.05, 0) is 36.4 Å². The van der Waals surface area contributed by atoms with Crippen molar-refractivity contribution in [3.63, 3.8) is 0 Å². The zero-order valence-electron chi connectivity index (χ0n) is 24.7. The van der Waals surface area contributed by atoms with Crippen molar-refractivity contribution in [3.8, 4) is 17.2 Å². The maximum Gasteiger partial charge on any atom is 0.324 e. The van der Waals surface area contributed by atoms with Crippen molar-refractivity contribution in [1.82, 2.24) is 29.7 Å². The second-order valence-electron chi connectivity index (χ2n) is 11.5. The summed E-state index contributed by atoms with van der Waals surface area (Å²) in [4.78, 5) is 40.7. The number of carbonyl (C=O) groups is 1. The molecule has 11 nitrogen and oxygen atoms in total. The molecule has 0 atom stereocenters. The summed E-state index contributed by atoms with van der Waals surface area (Å²) in [5, 5.41) is 13.4. The quantitative estimate of drug-likeness (QED) is 0.196. The Labute approximate surface area is 256 Å². The fraction of sp³-hybridized carbons (Fsp3) is 0.118. The number of amides is 2. The smallest absolute Gasteiger partial charge is 0.324 e. The highest BCUT2D eigenvalue weighted by Crippen LogP contribution is 2.36. The van der Waals surface area contributed by atoms with Gasteiger partial charge in [-0.15, -0.1) is 0 Å². The van der Waals surface area contributed by atoms with Gasteiger partial charge in [-0.2, -0.15) is 5.10 Å². The van der Waals surface area contributed by atoms with Gasteiger partial charge in [-0.3, -0.25) is 15.1 Å². The minimum atomic E-state index is -0.425. The normalized spacial score (nSPS) is 11.6. The first-order valence-electron chi connectivity index (χ1n) is 14.3. The number of anilines is 2. The third kappa shape index (κ3) is 5.42. The van der Waals surface area contributed by atoms with Gasteiger partial charge in [0.15, 0.2) is 11.4 Å². The van der Waals surface area contributed by atoms with Crippen molar-refractivity contribution in [2.45, 2.75) is 26.2 Å². The van der Waals surface area contributed by atoms with Crippen LogP contribution < -0.4 is 20.9 Å². The van der Waals surface area contributed by atoms with E-state index in [9.17, 15) is 9.59 Å². The minimum Gasteiger partial charge on any atom is -0.454 e. The van der Waals surface area contributed by atoms with Crippen molar-refractivity contribution in [2.75, 3.05) is 10.6 Å². The van der Waals surface area contributed by atoms with Crippen LogP contribution in [0, 0.1) is 0 Å². The van der Waals surface area contributed by atoms with Crippen molar-refractivity contribution >= 4 is 50.4 Å². The fourth-order valence-corrected chi connectivity index (χ4v) is 5.09. The second kappa shape index (κ2) is 10.9. The number of H-pyrrole nitrogens is 1. The molecule has 2 amide bonds. The second-order valence-corrected chi connectivity index (χ2v) is 11.5. The number of nitrogens with one attached hydrogen (secondary N) is 3. The molecule has 4 aromatic heterocycles. The topological polar surface area (TPSA) is 140 Å². The van der Waals surface area contributed by atoms with Gasteiger partial charge in [0.1, 0.15) is 17.1 Å². The van der Waals surface area contributed by atoms with E-state index in [2.05, 4.69) is 51.3 Å². The monoisotopic (exact) mass is 596 g/mol. The van der Waals surface area contributed by atoms with E-state index in [-0.39, 0.29) is 11.0 Å². The molecule has 0 unspecified atom stereocenters. The van der Waals surface area contributed by atoms with Crippen LogP contribution in [0.4, 0.5) is 16.3 Å². The molecule has 7 aromatic rings. The SMILES string of the molecule is CC(C)(C)c1cc(NC(=O)Nc2ccc(Oc3ccnc4[nH]c(=O)cnc34)c3ccccc23)n(-c2ccc3ncccc3c2)n1. The zero-order chi connectivity index (χ0) is 31.1. The number of fused-ring (bicyclic) bond motifs is 3. The van der Waals surface area contributed by atoms with Gasteiger partial charge in [-0.1, -0.05) is 51.1 Å². The van der Waals surface area contributed by atoms with Crippen molar-refractivity contribution in [3.05, 3.63) is 114 Å². The number of urea groups is 1. The first-order valence-corrected chi connectivity index (χ1v) is 14.3. The van der Waals surface area contributed by atoms with Gasteiger partial charge in [-0.25, -0.2) is 19.4 Å². The summed E-state index contributed by atoms with van der Waals surface area (Å²) in [6.45, 7) is 6.23. The van der Waals surface area contributed by atoms with Crippen LogP contribution in [0.1, 0.15) is 26.5 Å². The highest BCUT2D eigenvalue weighted by molar-refractivity contribution is 6.07. The van der Waals surface area contributed by atoms with Crippen LogP contribution in [0.2, 0.25) is 0 Å². The molecular formula is C34H28N8O3. The molecule has 0 saturated carbocycles. The number of aromatic amines is 1. The molecular weight excluding hydrogens is 568 g/mol. The van der Waals surface area contributed by atoms with Crippen LogP contribution in [-0.4, -0.2) is 35.7 Å². The molecule has 11 heteroatoms. The van der Waals surface area contributed by atoms with Gasteiger partial charge in [0.2, 0.25) is 0 Å². The Morgan fingerprint density at radius 3 is 2.53 bits per heavy atom. The molecule has 0 aliphatic heterocycles. The zero-order valence-corrected chi connectivity index (χ0v) is 24.7. The van der Waals surface area contributed by atoms with Crippen molar-refractivity contribution in [1.29, 1.82) is 0 Å². The van der Waals surface area contributed by atoms with E-state index in [0.717, 1.165) is 33.1 Å². The molecule has 0 radical (unpaired) electrons. The molecule has 7 rings (SSSR count). The van der Waals surface area contributed by atoms with Gasteiger partial charge < -0.3 is 15.0 Å². The first kappa shape index (κ1) is 27.7. The van der Waals surface area contributed by atoms with Gasteiger partial charge in [0.05, 0.1) is 28.8 Å². The van der Waals surface area contributed by atoms with E-state index in [0.29, 0.717) is 34.2 Å². The average Bonchev–Trinajstić information content (AvgIpc) is 3.46. The number of nitrogens with zero attached hydrogens (tertiary/aromatic N) is 5.